The third-order valence-corrected chi connectivity index (χ3v) is 4.72. The monoisotopic (exact) mass is 294 g/mol. The quantitative estimate of drug-likeness (QED) is 0.811. The molecule has 5 heteroatoms. The molecule has 1 atom stereocenters. The summed E-state index contributed by atoms with van der Waals surface area (Å²) in [4.78, 5) is 4.81. The predicted octanol–water partition coefficient (Wildman–Crippen LogP) is 3.61. The number of aromatic nitrogens is 4. The van der Waals surface area contributed by atoms with Crippen LogP contribution in [-0.4, -0.2) is 25.2 Å². The van der Waals surface area contributed by atoms with Crippen LogP contribution in [0.25, 0.3) is 11.2 Å². The molecule has 2 heterocycles. The Morgan fingerprint density at radius 2 is 2.15 bits per heavy atom. The van der Waals surface area contributed by atoms with Gasteiger partial charge in [-0.2, -0.15) is 5.10 Å². The summed E-state index contributed by atoms with van der Waals surface area (Å²) in [5, 5.41) is 4.52. The number of imidazole rings is 1. The normalized spacial score (nSPS) is 21.9. The Morgan fingerprint density at radius 1 is 1.40 bits per heavy atom. The third kappa shape index (κ3) is 2.14. The molecule has 0 bridgehead atoms. The molecule has 1 saturated carbocycles. The van der Waals surface area contributed by atoms with Gasteiger partial charge >= 0.3 is 0 Å². The summed E-state index contributed by atoms with van der Waals surface area (Å²) in [7, 11) is 2.01. The molecule has 0 aliphatic heterocycles. The van der Waals surface area contributed by atoms with Crippen molar-refractivity contribution in [2.24, 2.45) is 12.5 Å². The molecule has 1 unspecified atom stereocenters. The van der Waals surface area contributed by atoms with E-state index in [9.17, 15) is 0 Å². The molecular weight excluding hydrogens is 272 g/mol. The van der Waals surface area contributed by atoms with Crippen LogP contribution in [0, 0.1) is 12.3 Å². The Bertz CT molecular complexity index is 638. The summed E-state index contributed by atoms with van der Waals surface area (Å²) in [6.45, 7) is 6.75. The van der Waals surface area contributed by atoms with E-state index in [0.717, 1.165) is 29.1 Å². The molecule has 110 valence electrons. The lowest BCUT2D eigenvalue weighted by atomic mass is 9.92. The molecule has 1 aliphatic carbocycles. The maximum absolute atomic E-state index is 5.97. The van der Waals surface area contributed by atoms with Gasteiger partial charge in [0, 0.05) is 25.4 Å². The number of alkyl halides is 1. The number of nitrogens with zero attached hydrogens (tertiary/aromatic N) is 4. The van der Waals surface area contributed by atoms with Crippen molar-refractivity contribution in [3.8, 4) is 0 Å². The van der Waals surface area contributed by atoms with Gasteiger partial charge in [-0.05, 0) is 31.6 Å². The first-order valence-corrected chi connectivity index (χ1v) is 7.93. The number of fused-ring (bicyclic) bond motifs is 1. The molecule has 0 aromatic carbocycles. The van der Waals surface area contributed by atoms with Crippen LogP contribution in [-0.2, 0) is 13.5 Å². The molecule has 4 nitrogen and oxygen atoms in total. The van der Waals surface area contributed by atoms with Crippen LogP contribution in [0.15, 0.2) is 0 Å². The van der Waals surface area contributed by atoms with Gasteiger partial charge in [-0.15, -0.1) is 11.6 Å². The van der Waals surface area contributed by atoms with Gasteiger partial charge in [0.1, 0.15) is 11.3 Å². The molecule has 2 aromatic rings. The molecule has 0 radical (unpaired) electrons. The molecular formula is C15H23ClN4. The largest absolute Gasteiger partial charge is 0.310 e. The summed E-state index contributed by atoms with van der Waals surface area (Å²) < 4.78 is 4.38. The van der Waals surface area contributed by atoms with Crippen LogP contribution in [0.3, 0.4) is 0 Å². The predicted molar refractivity (Wildman–Crippen MR) is 82.3 cm³/mol. The highest BCUT2D eigenvalue weighted by Crippen LogP contribution is 2.45. The van der Waals surface area contributed by atoms with E-state index in [1.807, 2.05) is 18.7 Å². The second-order valence-electron chi connectivity index (χ2n) is 6.78. The average Bonchev–Trinajstić information content (AvgIpc) is 2.96. The van der Waals surface area contributed by atoms with E-state index in [1.54, 1.807) is 0 Å². The second-order valence-corrected chi connectivity index (χ2v) is 7.16. The van der Waals surface area contributed by atoms with E-state index >= 15 is 0 Å². The Labute approximate surface area is 125 Å². The first-order valence-electron chi connectivity index (χ1n) is 7.39. The number of aryl methyl sites for hydroxylation is 3. The summed E-state index contributed by atoms with van der Waals surface area (Å²) in [5.74, 6) is 1.74. The zero-order valence-electron chi connectivity index (χ0n) is 12.8. The maximum Gasteiger partial charge on any atom is 0.158 e. The lowest BCUT2D eigenvalue weighted by Gasteiger charge is -2.20. The lowest BCUT2D eigenvalue weighted by Crippen LogP contribution is -2.14. The highest BCUT2D eigenvalue weighted by atomic mass is 35.5. The van der Waals surface area contributed by atoms with Crippen LogP contribution in [0.1, 0.15) is 50.7 Å². The van der Waals surface area contributed by atoms with Crippen molar-refractivity contribution in [3.63, 3.8) is 0 Å². The Hall–Kier alpha value is -1.03. The van der Waals surface area contributed by atoms with Gasteiger partial charge in [0.15, 0.2) is 5.65 Å². The zero-order chi connectivity index (χ0) is 14.5. The molecule has 0 saturated heterocycles. The zero-order valence-corrected chi connectivity index (χ0v) is 13.5. The Balaban J connectivity index is 2.14. The molecule has 2 aromatic heterocycles. The minimum atomic E-state index is 0.424. The lowest BCUT2D eigenvalue weighted by molar-refractivity contribution is 0.357. The first-order chi connectivity index (χ1) is 9.43. The molecule has 1 fully saturated rings. The fourth-order valence-corrected chi connectivity index (χ4v) is 3.77. The van der Waals surface area contributed by atoms with Crippen LogP contribution in [0.4, 0.5) is 0 Å². The van der Waals surface area contributed by atoms with Crippen LogP contribution < -0.4 is 0 Å². The number of rotatable bonds is 3. The topological polar surface area (TPSA) is 35.6 Å². The summed E-state index contributed by atoms with van der Waals surface area (Å²) >= 11 is 5.97. The molecule has 0 amide bonds. The fraction of sp³-hybridized carbons (Fsp3) is 0.733. The van der Waals surface area contributed by atoms with Crippen LogP contribution in [0.5, 0.6) is 0 Å². The van der Waals surface area contributed by atoms with E-state index in [1.165, 1.54) is 19.3 Å². The van der Waals surface area contributed by atoms with Crippen molar-refractivity contribution in [2.75, 3.05) is 5.88 Å². The van der Waals surface area contributed by atoms with Gasteiger partial charge in [-0.1, -0.05) is 13.8 Å². The van der Waals surface area contributed by atoms with Gasteiger partial charge in [0.2, 0.25) is 0 Å². The van der Waals surface area contributed by atoms with Crippen LogP contribution in [0.2, 0.25) is 0 Å². The third-order valence-electron chi connectivity index (χ3n) is 4.53. The highest BCUT2D eigenvalue weighted by molar-refractivity contribution is 6.17. The summed E-state index contributed by atoms with van der Waals surface area (Å²) in [5.41, 5.74) is 3.63. The van der Waals surface area contributed by atoms with E-state index in [-0.39, 0.29) is 0 Å². The summed E-state index contributed by atoms with van der Waals surface area (Å²) in [6.07, 6.45) is 4.52. The minimum Gasteiger partial charge on any atom is -0.310 e. The van der Waals surface area contributed by atoms with Gasteiger partial charge in [-0.3, -0.25) is 4.68 Å². The number of hydrogen-bond acceptors (Lipinski definition) is 2. The minimum absolute atomic E-state index is 0.424. The van der Waals surface area contributed by atoms with E-state index in [0.29, 0.717) is 17.3 Å². The second kappa shape index (κ2) is 4.76. The van der Waals surface area contributed by atoms with Crippen molar-refractivity contribution in [3.05, 3.63) is 11.5 Å². The molecule has 3 rings (SSSR count). The molecule has 0 spiro atoms. The van der Waals surface area contributed by atoms with Crippen molar-refractivity contribution >= 4 is 22.8 Å². The average molecular weight is 295 g/mol. The first kappa shape index (κ1) is 13.9. The molecule has 20 heavy (non-hydrogen) atoms. The van der Waals surface area contributed by atoms with Crippen molar-refractivity contribution < 1.29 is 0 Å². The Morgan fingerprint density at radius 3 is 2.75 bits per heavy atom. The van der Waals surface area contributed by atoms with Gasteiger partial charge in [0.05, 0.1) is 5.69 Å². The van der Waals surface area contributed by atoms with Crippen molar-refractivity contribution in [1.82, 2.24) is 19.3 Å². The summed E-state index contributed by atoms with van der Waals surface area (Å²) in [6, 6.07) is 0.531. The fourth-order valence-electron chi connectivity index (χ4n) is 3.61. The van der Waals surface area contributed by atoms with Crippen LogP contribution >= 0.6 is 11.6 Å². The van der Waals surface area contributed by atoms with E-state index < -0.39 is 0 Å². The van der Waals surface area contributed by atoms with Gasteiger partial charge in [-0.25, -0.2) is 4.98 Å². The smallest absolute Gasteiger partial charge is 0.158 e. The Kier molecular flexibility index (Phi) is 3.32. The SMILES string of the molecule is Cc1nn(C)c2c1nc(CCCl)n2C1CCC(C)(C)C1. The van der Waals surface area contributed by atoms with Crippen molar-refractivity contribution in [1.29, 1.82) is 0 Å². The standard InChI is InChI=1S/C15H23ClN4/c1-10-13-14(19(4)18-10)20(12(17-13)6-8-16)11-5-7-15(2,3)9-11/h11H,5-9H2,1-4H3. The van der Waals surface area contributed by atoms with Gasteiger partial charge < -0.3 is 4.57 Å². The van der Waals surface area contributed by atoms with Gasteiger partial charge in [0.25, 0.3) is 0 Å². The van der Waals surface area contributed by atoms with E-state index in [4.69, 9.17) is 16.6 Å². The molecule has 1 aliphatic rings. The highest BCUT2D eigenvalue weighted by Gasteiger charge is 2.34. The van der Waals surface area contributed by atoms with Crippen molar-refractivity contribution in [2.45, 2.75) is 52.5 Å². The maximum atomic E-state index is 5.97. The number of halogens is 1. The molecule has 0 N–H and O–H groups in total. The van der Waals surface area contributed by atoms with E-state index in [2.05, 4.69) is 23.5 Å². The number of hydrogen-bond donors (Lipinski definition) is 0.